The molecule has 292 valence electrons. The summed E-state index contributed by atoms with van der Waals surface area (Å²) in [5, 5.41) is 2.36. The minimum Gasteiger partial charge on any atom is -0.457 e. The number of nitrogens with zero attached hydrogens (tertiary/aromatic N) is 4. The normalized spacial score (nSPS) is 13.8. The van der Waals surface area contributed by atoms with Crippen molar-refractivity contribution >= 4 is 44.6 Å². The Kier molecular flexibility index (Phi) is 9.11. The van der Waals surface area contributed by atoms with E-state index in [0.717, 1.165) is 34.0 Å². The van der Waals surface area contributed by atoms with E-state index in [1.165, 1.54) is 50.1 Å². The van der Waals surface area contributed by atoms with Crippen molar-refractivity contribution in [3.8, 4) is 17.3 Å². The zero-order valence-corrected chi connectivity index (χ0v) is 36.0. The van der Waals surface area contributed by atoms with Crippen molar-refractivity contribution in [3.05, 3.63) is 144 Å². The summed E-state index contributed by atoms with van der Waals surface area (Å²) in [5.41, 5.74) is 12.2. The minimum atomic E-state index is 0.00331. The molecule has 57 heavy (non-hydrogen) atoms. The van der Waals surface area contributed by atoms with E-state index in [-0.39, 0.29) is 21.7 Å². The molecule has 0 amide bonds. The van der Waals surface area contributed by atoms with Crippen LogP contribution in [0.3, 0.4) is 0 Å². The number of anilines is 4. The third-order valence-corrected chi connectivity index (χ3v) is 11.5. The Balaban J connectivity index is 1.19. The average molecular weight is 755 g/mol. The molecule has 5 nitrogen and oxygen atoms in total. The highest BCUT2D eigenvalue weighted by molar-refractivity contribution is 6.09. The van der Waals surface area contributed by atoms with Gasteiger partial charge in [-0.15, -0.1) is 0 Å². The van der Waals surface area contributed by atoms with E-state index < -0.39 is 0 Å². The topological polar surface area (TPSA) is 33.5 Å². The van der Waals surface area contributed by atoms with Crippen LogP contribution in [0.2, 0.25) is 0 Å². The molecule has 0 unspecified atom stereocenters. The van der Waals surface area contributed by atoms with Gasteiger partial charge in [0.15, 0.2) is 0 Å². The fourth-order valence-electron chi connectivity index (χ4n) is 7.92. The van der Waals surface area contributed by atoms with Crippen molar-refractivity contribution in [2.45, 2.75) is 105 Å². The highest BCUT2D eigenvalue weighted by Gasteiger charge is 2.32. The van der Waals surface area contributed by atoms with Crippen LogP contribution < -0.4 is 14.5 Å². The van der Waals surface area contributed by atoms with Gasteiger partial charge in [-0.3, -0.25) is 4.57 Å². The molecular formula is C52H58N4O. The molecule has 0 atom stereocenters. The van der Waals surface area contributed by atoms with Crippen LogP contribution in [0.25, 0.3) is 27.6 Å². The Labute approximate surface area is 339 Å². The van der Waals surface area contributed by atoms with Gasteiger partial charge in [0.1, 0.15) is 24.0 Å². The number of rotatable bonds is 5. The van der Waals surface area contributed by atoms with Crippen molar-refractivity contribution in [2.24, 2.45) is 0 Å². The number of hydrogen-bond acceptors (Lipinski definition) is 4. The lowest BCUT2D eigenvalue weighted by atomic mass is 9.80. The molecule has 0 aliphatic carbocycles. The van der Waals surface area contributed by atoms with E-state index in [2.05, 4.69) is 213 Å². The molecule has 0 bridgehead atoms. The number of pyridine rings is 1. The van der Waals surface area contributed by atoms with Gasteiger partial charge < -0.3 is 14.5 Å². The van der Waals surface area contributed by atoms with Gasteiger partial charge in [-0.25, -0.2) is 4.98 Å². The van der Waals surface area contributed by atoms with E-state index >= 15 is 0 Å². The van der Waals surface area contributed by atoms with Crippen LogP contribution in [0.15, 0.2) is 121 Å². The molecular weight excluding hydrogens is 697 g/mol. The number of ether oxygens (including phenoxy) is 1. The standard InChI is InChI=1S/C52H58N4O/c1-49(2,3)34-20-23-45-47(29-34)55(39-27-36(51(7,8)9)26-37(28-39)52(10,11)12)33-54(45)38-16-15-17-40(31-38)57-41-21-22-43-42-18-13-14-19-44(42)56(46(43)32-41)48-30-35(24-25-53-48)50(4,5)6/h13-32H,33H2,1-12H3. The molecule has 5 heteroatoms. The Morgan fingerprint density at radius 3 is 1.75 bits per heavy atom. The summed E-state index contributed by atoms with van der Waals surface area (Å²) in [7, 11) is 0. The second-order valence-corrected chi connectivity index (χ2v) is 20.0. The van der Waals surface area contributed by atoms with Crippen molar-refractivity contribution in [3.63, 3.8) is 0 Å². The van der Waals surface area contributed by atoms with Crippen LogP contribution in [0.4, 0.5) is 22.7 Å². The first-order valence-electron chi connectivity index (χ1n) is 20.4. The third-order valence-electron chi connectivity index (χ3n) is 11.5. The first-order chi connectivity index (χ1) is 26.8. The van der Waals surface area contributed by atoms with E-state index in [1.54, 1.807) is 0 Å². The lowest BCUT2D eigenvalue weighted by molar-refractivity contribution is 0.483. The summed E-state index contributed by atoms with van der Waals surface area (Å²) < 4.78 is 9.02. The van der Waals surface area contributed by atoms with E-state index in [9.17, 15) is 0 Å². The van der Waals surface area contributed by atoms with Gasteiger partial charge in [0.05, 0.1) is 22.4 Å². The van der Waals surface area contributed by atoms with Crippen LogP contribution in [-0.2, 0) is 21.7 Å². The second kappa shape index (κ2) is 13.5. The van der Waals surface area contributed by atoms with Gasteiger partial charge in [-0.05, 0) is 111 Å². The van der Waals surface area contributed by atoms with Crippen molar-refractivity contribution in [2.75, 3.05) is 16.5 Å². The summed E-state index contributed by atoms with van der Waals surface area (Å²) in [5.74, 6) is 2.48. The van der Waals surface area contributed by atoms with Crippen molar-refractivity contribution in [1.29, 1.82) is 0 Å². The number of fused-ring (bicyclic) bond motifs is 4. The SMILES string of the molecule is CC(C)(C)c1cc(N2CN(c3cccc(Oc4ccc5c6ccccc6n(-c6cc(C(C)(C)C)ccn6)c5c4)c3)c3ccc(C(C)(C)C)cc32)cc(C(C)(C)C)c1. The van der Waals surface area contributed by atoms with Crippen LogP contribution in [0.5, 0.6) is 11.5 Å². The van der Waals surface area contributed by atoms with Gasteiger partial charge in [0.25, 0.3) is 0 Å². The molecule has 0 radical (unpaired) electrons. The number of benzene rings is 5. The average Bonchev–Trinajstić information content (AvgIpc) is 3.69. The second-order valence-electron chi connectivity index (χ2n) is 20.0. The van der Waals surface area contributed by atoms with Crippen LogP contribution in [0.1, 0.15) is 105 Å². The Bertz CT molecular complexity index is 2610. The number of aromatic nitrogens is 2. The highest BCUT2D eigenvalue weighted by atomic mass is 16.5. The molecule has 0 N–H and O–H groups in total. The molecule has 0 fully saturated rings. The molecule has 0 saturated heterocycles. The summed E-state index contributed by atoms with van der Waals surface area (Å²) in [6.45, 7) is 28.2. The largest absolute Gasteiger partial charge is 0.457 e. The Morgan fingerprint density at radius 2 is 1.07 bits per heavy atom. The first kappa shape index (κ1) is 38.3. The zero-order chi connectivity index (χ0) is 40.7. The minimum absolute atomic E-state index is 0.00331. The predicted molar refractivity (Wildman–Crippen MR) is 242 cm³/mol. The van der Waals surface area contributed by atoms with Crippen LogP contribution in [0, 0.1) is 0 Å². The van der Waals surface area contributed by atoms with Gasteiger partial charge in [-0.1, -0.05) is 119 Å². The Hall–Kier alpha value is -5.55. The fraction of sp³-hybridized carbons (Fsp3) is 0.327. The van der Waals surface area contributed by atoms with E-state index in [1.807, 2.05) is 6.20 Å². The quantitative estimate of drug-likeness (QED) is 0.175. The molecule has 0 saturated carbocycles. The molecule has 1 aliphatic rings. The van der Waals surface area contributed by atoms with Gasteiger partial charge >= 0.3 is 0 Å². The van der Waals surface area contributed by atoms with Crippen molar-refractivity contribution in [1.82, 2.24) is 9.55 Å². The molecule has 8 rings (SSSR count). The van der Waals surface area contributed by atoms with Crippen molar-refractivity contribution < 1.29 is 4.74 Å². The number of hydrogen-bond donors (Lipinski definition) is 0. The molecule has 3 heterocycles. The van der Waals surface area contributed by atoms with Gasteiger partial charge in [0, 0.05) is 40.5 Å². The van der Waals surface area contributed by atoms with Gasteiger partial charge in [0.2, 0.25) is 0 Å². The van der Waals surface area contributed by atoms with Gasteiger partial charge in [-0.2, -0.15) is 0 Å². The lowest BCUT2D eigenvalue weighted by Crippen LogP contribution is -2.25. The summed E-state index contributed by atoms with van der Waals surface area (Å²) in [6, 6.07) is 42.0. The summed E-state index contributed by atoms with van der Waals surface area (Å²) >= 11 is 0. The summed E-state index contributed by atoms with van der Waals surface area (Å²) in [4.78, 5) is 9.79. The maximum atomic E-state index is 6.75. The molecule has 5 aromatic carbocycles. The Morgan fingerprint density at radius 1 is 0.456 bits per heavy atom. The summed E-state index contributed by atoms with van der Waals surface area (Å²) in [6.07, 6.45) is 1.93. The maximum Gasteiger partial charge on any atom is 0.137 e. The van der Waals surface area contributed by atoms with E-state index in [0.29, 0.717) is 6.67 Å². The molecule has 0 spiro atoms. The number of para-hydroxylation sites is 1. The maximum absolute atomic E-state index is 6.75. The monoisotopic (exact) mass is 754 g/mol. The first-order valence-corrected chi connectivity index (χ1v) is 20.4. The fourth-order valence-corrected chi connectivity index (χ4v) is 7.92. The molecule has 1 aliphatic heterocycles. The van der Waals surface area contributed by atoms with E-state index in [4.69, 9.17) is 9.72 Å². The highest BCUT2D eigenvalue weighted by Crippen LogP contribution is 2.48. The smallest absolute Gasteiger partial charge is 0.137 e. The predicted octanol–water partition coefficient (Wildman–Crippen LogP) is 14.4. The molecule has 2 aromatic heterocycles. The zero-order valence-electron chi connectivity index (χ0n) is 36.0. The van der Waals surface area contributed by atoms with Crippen LogP contribution >= 0.6 is 0 Å². The third kappa shape index (κ3) is 7.29. The lowest BCUT2D eigenvalue weighted by Gasteiger charge is -2.29. The molecule has 7 aromatic rings. The van der Waals surface area contributed by atoms with Crippen LogP contribution in [-0.4, -0.2) is 16.2 Å².